The Morgan fingerprint density at radius 3 is 2.88 bits per heavy atom. The Morgan fingerprint density at radius 2 is 2.15 bits per heavy atom. The minimum absolute atomic E-state index is 0.0499. The smallest absolute Gasteiger partial charge is 0.245 e. The summed E-state index contributed by atoms with van der Waals surface area (Å²) in [6.45, 7) is 2.63. The van der Waals surface area contributed by atoms with Gasteiger partial charge in [-0.25, -0.2) is 13.8 Å². The van der Waals surface area contributed by atoms with Crippen LogP contribution in [0.4, 0.5) is 8.78 Å². The lowest BCUT2D eigenvalue weighted by Crippen LogP contribution is -2.39. The van der Waals surface area contributed by atoms with Gasteiger partial charge in [0.2, 0.25) is 5.91 Å². The molecule has 1 aromatic carbocycles. The Kier molecular flexibility index (Phi) is 4.02. The zero-order chi connectivity index (χ0) is 18.3. The third-order valence-corrected chi connectivity index (χ3v) is 4.66. The van der Waals surface area contributed by atoms with Crippen LogP contribution in [0.1, 0.15) is 24.3 Å². The topological polar surface area (TPSA) is 64.2 Å². The second-order valence-electron chi connectivity index (χ2n) is 6.26. The van der Waals surface area contributed by atoms with E-state index in [2.05, 4.69) is 10.1 Å². The van der Waals surface area contributed by atoms with Crippen molar-refractivity contribution in [2.24, 2.45) is 0 Å². The minimum Gasteiger partial charge on any atom is -0.360 e. The van der Waals surface area contributed by atoms with E-state index in [9.17, 15) is 13.6 Å². The largest absolute Gasteiger partial charge is 0.360 e. The van der Waals surface area contributed by atoms with Gasteiger partial charge in [-0.05, 0) is 25.1 Å². The lowest BCUT2D eigenvalue weighted by molar-refractivity contribution is -0.135. The normalized spacial score (nSPS) is 15.0. The van der Waals surface area contributed by atoms with E-state index in [0.29, 0.717) is 36.5 Å². The SMILES string of the molecule is CC(C(=O)N1CCc2onc(-c3ccc(F)c(F)c3)c2C1)n1ccnc1. The van der Waals surface area contributed by atoms with Gasteiger partial charge in [0.15, 0.2) is 11.6 Å². The number of nitrogens with zero attached hydrogens (tertiary/aromatic N) is 4. The van der Waals surface area contributed by atoms with Crippen molar-refractivity contribution in [1.82, 2.24) is 19.6 Å². The van der Waals surface area contributed by atoms with Crippen LogP contribution in [0.15, 0.2) is 41.4 Å². The van der Waals surface area contributed by atoms with E-state index in [1.165, 1.54) is 6.07 Å². The molecule has 0 spiro atoms. The molecule has 6 nitrogen and oxygen atoms in total. The van der Waals surface area contributed by atoms with Crippen LogP contribution < -0.4 is 0 Å². The summed E-state index contributed by atoms with van der Waals surface area (Å²) in [5, 5.41) is 4.01. The molecule has 0 bridgehead atoms. The fourth-order valence-electron chi connectivity index (χ4n) is 3.16. The minimum atomic E-state index is -0.947. The summed E-state index contributed by atoms with van der Waals surface area (Å²) in [5.41, 5.74) is 1.59. The summed E-state index contributed by atoms with van der Waals surface area (Å²) in [5.74, 6) is -1.25. The maximum atomic E-state index is 13.6. The summed E-state index contributed by atoms with van der Waals surface area (Å²) in [7, 11) is 0. The van der Waals surface area contributed by atoms with Crippen molar-refractivity contribution in [2.45, 2.75) is 25.9 Å². The van der Waals surface area contributed by atoms with Crippen LogP contribution in [0, 0.1) is 11.6 Å². The van der Waals surface area contributed by atoms with E-state index in [1.807, 2.05) is 6.92 Å². The van der Waals surface area contributed by atoms with Crippen LogP contribution in [0.2, 0.25) is 0 Å². The highest BCUT2D eigenvalue weighted by molar-refractivity contribution is 5.80. The molecule has 3 heterocycles. The fraction of sp³-hybridized carbons (Fsp3) is 0.278. The Bertz CT molecular complexity index is 952. The first kappa shape index (κ1) is 16.4. The Morgan fingerprint density at radius 1 is 1.31 bits per heavy atom. The third-order valence-electron chi connectivity index (χ3n) is 4.66. The summed E-state index contributed by atoms with van der Waals surface area (Å²) in [4.78, 5) is 18.5. The highest BCUT2D eigenvalue weighted by Crippen LogP contribution is 2.31. The molecule has 134 valence electrons. The zero-order valence-corrected chi connectivity index (χ0v) is 14.0. The number of carbonyl (C=O) groups excluding carboxylic acids is 1. The number of fused-ring (bicyclic) bond motifs is 1. The standard InChI is InChI=1S/C18H16F2N4O2/c1-11(24-7-5-21-10-24)18(25)23-6-4-16-13(9-23)17(22-26-16)12-2-3-14(19)15(20)8-12/h2-3,5,7-8,10-11H,4,6,9H2,1H3. The molecule has 4 rings (SSSR count). The molecule has 0 saturated carbocycles. The molecule has 0 aliphatic carbocycles. The van der Waals surface area contributed by atoms with Gasteiger partial charge in [0.1, 0.15) is 17.5 Å². The van der Waals surface area contributed by atoms with Gasteiger partial charge in [-0.3, -0.25) is 4.79 Å². The summed E-state index contributed by atoms with van der Waals surface area (Å²) in [6.07, 6.45) is 5.49. The Hall–Kier alpha value is -3.03. The molecule has 2 aromatic heterocycles. The number of halogens is 2. The van der Waals surface area contributed by atoms with Gasteiger partial charge < -0.3 is 14.0 Å². The zero-order valence-electron chi connectivity index (χ0n) is 14.0. The predicted molar refractivity (Wildman–Crippen MR) is 87.9 cm³/mol. The van der Waals surface area contributed by atoms with Crippen LogP contribution in [-0.4, -0.2) is 32.1 Å². The van der Waals surface area contributed by atoms with Gasteiger partial charge in [0.25, 0.3) is 0 Å². The van der Waals surface area contributed by atoms with E-state index in [-0.39, 0.29) is 11.9 Å². The van der Waals surface area contributed by atoms with Crippen molar-refractivity contribution in [3.8, 4) is 11.3 Å². The first-order valence-electron chi connectivity index (χ1n) is 8.23. The van der Waals surface area contributed by atoms with Crippen LogP contribution in [-0.2, 0) is 17.8 Å². The molecular formula is C18H16F2N4O2. The van der Waals surface area contributed by atoms with Gasteiger partial charge in [-0.15, -0.1) is 0 Å². The van der Waals surface area contributed by atoms with Crippen LogP contribution in [0.5, 0.6) is 0 Å². The van der Waals surface area contributed by atoms with Gasteiger partial charge in [0.05, 0.1) is 12.9 Å². The van der Waals surface area contributed by atoms with E-state index >= 15 is 0 Å². The highest BCUT2D eigenvalue weighted by Gasteiger charge is 2.30. The molecule has 0 saturated heterocycles. The molecular weight excluding hydrogens is 342 g/mol. The molecule has 3 aromatic rings. The number of hydrogen-bond acceptors (Lipinski definition) is 4. The Balaban J connectivity index is 1.61. The molecule has 1 amide bonds. The molecule has 1 atom stereocenters. The summed E-state index contributed by atoms with van der Waals surface area (Å²) >= 11 is 0. The Labute approximate surface area is 148 Å². The maximum absolute atomic E-state index is 13.6. The van der Waals surface area contributed by atoms with Crippen molar-refractivity contribution in [3.05, 3.63) is 59.9 Å². The molecule has 1 aliphatic heterocycles. The van der Waals surface area contributed by atoms with Crippen molar-refractivity contribution >= 4 is 5.91 Å². The number of aromatic nitrogens is 3. The van der Waals surface area contributed by atoms with Crippen LogP contribution in [0.25, 0.3) is 11.3 Å². The second-order valence-corrected chi connectivity index (χ2v) is 6.26. The summed E-state index contributed by atoms with van der Waals surface area (Å²) in [6, 6.07) is 3.21. The second kappa shape index (κ2) is 6.36. The van der Waals surface area contributed by atoms with Crippen LogP contribution >= 0.6 is 0 Å². The van der Waals surface area contributed by atoms with E-state index < -0.39 is 11.6 Å². The molecule has 0 N–H and O–H groups in total. The molecule has 26 heavy (non-hydrogen) atoms. The number of amides is 1. The van der Waals surface area contributed by atoms with Gasteiger partial charge in [-0.1, -0.05) is 5.16 Å². The quantitative estimate of drug-likeness (QED) is 0.722. The molecule has 1 unspecified atom stereocenters. The third kappa shape index (κ3) is 2.77. The average Bonchev–Trinajstić information content (AvgIpc) is 3.32. The molecule has 1 aliphatic rings. The number of rotatable bonds is 3. The first-order valence-corrected chi connectivity index (χ1v) is 8.23. The maximum Gasteiger partial charge on any atom is 0.245 e. The number of imidazole rings is 1. The number of hydrogen-bond donors (Lipinski definition) is 0. The molecule has 8 heteroatoms. The first-order chi connectivity index (χ1) is 12.5. The van der Waals surface area contributed by atoms with E-state index in [1.54, 1.807) is 28.2 Å². The molecule has 0 radical (unpaired) electrons. The van der Waals surface area contributed by atoms with Gasteiger partial charge in [0, 0.05) is 36.5 Å². The van der Waals surface area contributed by atoms with E-state index in [4.69, 9.17) is 4.52 Å². The lowest BCUT2D eigenvalue weighted by Gasteiger charge is -2.29. The predicted octanol–water partition coefficient (Wildman–Crippen LogP) is 2.96. The van der Waals surface area contributed by atoms with Crippen LogP contribution in [0.3, 0.4) is 0 Å². The molecule has 0 fully saturated rings. The number of carbonyl (C=O) groups is 1. The van der Waals surface area contributed by atoms with Gasteiger partial charge in [-0.2, -0.15) is 0 Å². The fourth-order valence-corrected chi connectivity index (χ4v) is 3.16. The van der Waals surface area contributed by atoms with Crippen molar-refractivity contribution < 1.29 is 18.1 Å². The van der Waals surface area contributed by atoms with Crippen molar-refractivity contribution in [3.63, 3.8) is 0 Å². The number of benzene rings is 1. The monoisotopic (exact) mass is 358 g/mol. The van der Waals surface area contributed by atoms with Gasteiger partial charge >= 0.3 is 0 Å². The average molecular weight is 358 g/mol. The summed E-state index contributed by atoms with van der Waals surface area (Å²) < 4.78 is 33.8. The highest BCUT2D eigenvalue weighted by atomic mass is 19.2. The van der Waals surface area contributed by atoms with Crippen molar-refractivity contribution in [2.75, 3.05) is 6.54 Å². The van der Waals surface area contributed by atoms with Crippen molar-refractivity contribution in [1.29, 1.82) is 0 Å². The van der Waals surface area contributed by atoms with E-state index in [0.717, 1.165) is 17.7 Å². The lowest BCUT2D eigenvalue weighted by atomic mass is 10.0.